The van der Waals surface area contributed by atoms with E-state index >= 15 is 0 Å². The molecule has 0 saturated heterocycles. The van der Waals surface area contributed by atoms with Gasteiger partial charge in [0.15, 0.2) is 0 Å². The van der Waals surface area contributed by atoms with Gasteiger partial charge in [0.25, 0.3) is 5.56 Å². The first-order valence-corrected chi connectivity index (χ1v) is 12.2. The summed E-state index contributed by atoms with van der Waals surface area (Å²) in [5.74, 6) is -0.107. The van der Waals surface area contributed by atoms with Gasteiger partial charge in [-0.3, -0.25) is 9.59 Å². The molecule has 7 heteroatoms. The summed E-state index contributed by atoms with van der Waals surface area (Å²) in [6.45, 7) is 1.81. The molecule has 0 fully saturated rings. The van der Waals surface area contributed by atoms with Crippen molar-refractivity contribution in [3.8, 4) is 0 Å². The van der Waals surface area contributed by atoms with E-state index < -0.39 is 0 Å². The Morgan fingerprint density at radius 2 is 1.74 bits per heavy atom. The normalized spacial score (nSPS) is 15.5. The number of rotatable bonds is 5. The minimum Gasteiger partial charge on any atom is -0.321 e. The van der Waals surface area contributed by atoms with Crippen LogP contribution in [-0.4, -0.2) is 21.6 Å². The van der Waals surface area contributed by atoms with Crippen LogP contribution in [0.3, 0.4) is 0 Å². The van der Waals surface area contributed by atoms with E-state index in [1.807, 2.05) is 54.6 Å². The molecule has 0 spiro atoms. The number of carbonyl (C=O) groups is 1. The van der Waals surface area contributed by atoms with E-state index in [1.165, 1.54) is 5.01 Å². The molecule has 1 atom stereocenters. The number of carbonyl (C=O) groups excluding carboxylic acids is 1. The van der Waals surface area contributed by atoms with Gasteiger partial charge in [0.2, 0.25) is 5.91 Å². The Balaban J connectivity index is 1.68. The fourth-order valence-corrected chi connectivity index (χ4v) is 4.92. The number of nitrogens with zero attached hydrogens (tertiary/aromatic N) is 2. The zero-order chi connectivity index (χ0) is 24.5. The fraction of sp³-hybridized carbons (Fsp3) is 0.179. The molecule has 5 rings (SSSR count). The van der Waals surface area contributed by atoms with Crippen molar-refractivity contribution in [2.24, 2.45) is 5.10 Å². The van der Waals surface area contributed by atoms with Gasteiger partial charge in [-0.15, -0.1) is 0 Å². The molecule has 5 nitrogen and oxygen atoms in total. The van der Waals surface area contributed by atoms with Gasteiger partial charge >= 0.3 is 0 Å². The number of pyridine rings is 1. The zero-order valence-corrected chi connectivity index (χ0v) is 20.6. The molecule has 2 heterocycles. The summed E-state index contributed by atoms with van der Waals surface area (Å²) in [5, 5.41) is 8.29. The average Bonchev–Trinajstić information content (AvgIpc) is 3.30. The molecule has 3 aromatic carbocycles. The van der Waals surface area contributed by atoms with E-state index in [0.717, 1.165) is 22.1 Å². The summed E-state index contributed by atoms with van der Waals surface area (Å²) in [6.07, 6.45) is 1.26. The first-order chi connectivity index (χ1) is 16.9. The van der Waals surface area contributed by atoms with Gasteiger partial charge in [0.1, 0.15) is 0 Å². The van der Waals surface area contributed by atoms with Gasteiger partial charge in [-0.2, -0.15) is 5.10 Å². The van der Waals surface area contributed by atoms with Crippen LogP contribution in [0.1, 0.15) is 48.1 Å². The molecule has 35 heavy (non-hydrogen) atoms. The van der Waals surface area contributed by atoms with E-state index in [-0.39, 0.29) is 17.5 Å². The number of benzene rings is 3. The van der Waals surface area contributed by atoms with E-state index in [2.05, 4.69) is 4.98 Å². The number of hydrogen-bond donors (Lipinski definition) is 1. The topological polar surface area (TPSA) is 65.5 Å². The van der Waals surface area contributed by atoms with Crippen LogP contribution in [0, 0.1) is 0 Å². The lowest BCUT2D eigenvalue weighted by Gasteiger charge is -2.21. The third kappa shape index (κ3) is 4.62. The molecule has 0 bridgehead atoms. The number of halogens is 2. The van der Waals surface area contributed by atoms with Crippen molar-refractivity contribution in [2.45, 2.75) is 32.2 Å². The predicted octanol–water partition coefficient (Wildman–Crippen LogP) is 6.51. The van der Waals surface area contributed by atoms with Crippen molar-refractivity contribution in [3.05, 3.63) is 115 Å². The number of aromatic nitrogens is 1. The number of aromatic amines is 1. The fourth-order valence-electron chi connectivity index (χ4n) is 4.62. The monoisotopic (exact) mass is 503 g/mol. The highest BCUT2D eigenvalue weighted by atomic mass is 35.5. The van der Waals surface area contributed by atoms with Crippen LogP contribution in [0.15, 0.2) is 82.7 Å². The molecule has 0 radical (unpaired) electrons. The van der Waals surface area contributed by atoms with Crippen LogP contribution in [0.5, 0.6) is 0 Å². The van der Waals surface area contributed by atoms with Crippen LogP contribution in [0.2, 0.25) is 10.0 Å². The summed E-state index contributed by atoms with van der Waals surface area (Å²) in [4.78, 5) is 29.3. The maximum absolute atomic E-state index is 13.5. The van der Waals surface area contributed by atoms with Crippen LogP contribution in [0.4, 0.5) is 0 Å². The van der Waals surface area contributed by atoms with Crippen LogP contribution in [0.25, 0.3) is 10.9 Å². The highest BCUT2D eigenvalue weighted by Gasteiger charge is 2.34. The molecule has 1 aromatic heterocycles. The number of H-pyrrole nitrogens is 1. The van der Waals surface area contributed by atoms with Crippen LogP contribution < -0.4 is 5.56 Å². The van der Waals surface area contributed by atoms with E-state index in [1.54, 1.807) is 25.1 Å². The largest absolute Gasteiger partial charge is 0.321 e. The van der Waals surface area contributed by atoms with Crippen molar-refractivity contribution < 1.29 is 4.79 Å². The first kappa shape index (κ1) is 23.3. The first-order valence-electron chi connectivity index (χ1n) is 11.5. The zero-order valence-electron chi connectivity index (χ0n) is 19.1. The summed E-state index contributed by atoms with van der Waals surface area (Å²) in [6, 6.07) is 22.5. The molecule has 176 valence electrons. The highest BCUT2D eigenvalue weighted by Crippen LogP contribution is 2.35. The standard InChI is InChI=1S/C28H23Cl2N3O2/c1-2-26(34)33-25(18-8-10-19(29)11-9-18)16-24(32-33)27-22(14-17-6-4-3-5-7-17)21-15-20(30)12-13-23(21)31-28(27)35/h3-13,15,25H,2,14,16H2,1H3,(H,31,35). The van der Waals surface area contributed by atoms with Crippen LogP contribution >= 0.6 is 23.2 Å². The smallest absolute Gasteiger partial charge is 0.257 e. The third-order valence-electron chi connectivity index (χ3n) is 6.32. The Morgan fingerprint density at radius 1 is 1.03 bits per heavy atom. The Morgan fingerprint density at radius 3 is 2.46 bits per heavy atom. The minimum absolute atomic E-state index is 0.107. The van der Waals surface area contributed by atoms with Crippen LogP contribution in [-0.2, 0) is 11.2 Å². The summed E-state index contributed by atoms with van der Waals surface area (Å²) in [7, 11) is 0. The summed E-state index contributed by atoms with van der Waals surface area (Å²) < 4.78 is 0. The number of fused-ring (bicyclic) bond motifs is 1. The van der Waals surface area contributed by atoms with Crippen molar-refractivity contribution in [2.75, 3.05) is 0 Å². The molecular weight excluding hydrogens is 481 g/mol. The number of hydrazone groups is 1. The summed E-state index contributed by atoms with van der Waals surface area (Å²) in [5.41, 5.74) is 4.38. The average molecular weight is 504 g/mol. The van der Waals surface area contributed by atoms with Gasteiger partial charge in [-0.05, 0) is 53.4 Å². The van der Waals surface area contributed by atoms with Crippen molar-refractivity contribution in [1.82, 2.24) is 9.99 Å². The molecular formula is C28H23Cl2N3O2. The van der Waals surface area contributed by atoms with E-state index in [0.29, 0.717) is 46.1 Å². The molecule has 4 aromatic rings. The molecule has 1 aliphatic rings. The lowest BCUT2D eigenvalue weighted by Crippen LogP contribution is -2.26. The van der Waals surface area contributed by atoms with Gasteiger partial charge in [-0.25, -0.2) is 5.01 Å². The number of nitrogens with one attached hydrogen (secondary N) is 1. The van der Waals surface area contributed by atoms with E-state index in [4.69, 9.17) is 28.3 Å². The van der Waals surface area contributed by atoms with Crippen molar-refractivity contribution >= 4 is 45.7 Å². The quantitative estimate of drug-likeness (QED) is 0.337. The lowest BCUT2D eigenvalue weighted by molar-refractivity contribution is -0.132. The Kier molecular flexibility index (Phi) is 6.46. The van der Waals surface area contributed by atoms with Gasteiger partial charge < -0.3 is 4.98 Å². The Bertz CT molecular complexity index is 1490. The Hall–Kier alpha value is -3.41. The highest BCUT2D eigenvalue weighted by molar-refractivity contribution is 6.31. The maximum atomic E-state index is 13.5. The molecule has 1 aliphatic heterocycles. The van der Waals surface area contributed by atoms with E-state index in [9.17, 15) is 9.59 Å². The second kappa shape index (κ2) is 9.68. The third-order valence-corrected chi connectivity index (χ3v) is 6.81. The van der Waals surface area contributed by atoms with Gasteiger partial charge in [-0.1, -0.05) is 72.6 Å². The number of hydrogen-bond acceptors (Lipinski definition) is 3. The van der Waals surface area contributed by atoms with Gasteiger partial charge in [0.05, 0.1) is 17.3 Å². The minimum atomic E-state index is -0.311. The number of amides is 1. The SMILES string of the molecule is CCC(=O)N1N=C(c2c(Cc3ccccc3)c3cc(Cl)ccc3[nH]c2=O)CC1c1ccc(Cl)cc1. The van der Waals surface area contributed by atoms with Gasteiger partial charge in [0, 0.05) is 33.8 Å². The predicted molar refractivity (Wildman–Crippen MR) is 141 cm³/mol. The second-order valence-electron chi connectivity index (χ2n) is 8.57. The van der Waals surface area contributed by atoms with Crippen molar-refractivity contribution in [1.29, 1.82) is 0 Å². The maximum Gasteiger partial charge on any atom is 0.257 e. The summed E-state index contributed by atoms with van der Waals surface area (Å²) >= 11 is 12.4. The molecule has 1 unspecified atom stereocenters. The second-order valence-corrected chi connectivity index (χ2v) is 9.44. The molecule has 1 N–H and O–H groups in total. The molecule has 1 amide bonds. The van der Waals surface area contributed by atoms with Crippen molar-refractivity contribution in [3.63, 3.8) is 0 Å². The molecule has 0 saturated carbocycles. The Labute approximate surface area is 213 Å². The molecule has 0 aliphatic carbocycles. The lowest BCUT2D eigenvalue weighted by atomic mass is 9.91.